The molecule has 1 N–H and O–H groups in total. The van der Waals surface area contributed by atoms with E-state index in [0.29, 0.717) is 24.5 Å². The minimum Gasteiger partial charge on any atom is -0.461 e. The third-order valence-corrected chi connectivity index (χ3v) is 3.35. The highest BCUT2D eigenvalue weighted by Crippen LogP contribution is 2.14. The van der Waals surface area contributed by atoms with Gasteiger partial charge in [0.1, 0.15) is 5.82 Å². The first kappa shape index (κ1) is 18.6. The maximum atomic E-state index is 13.1. The number of anilines is 1. The monoisotopic (exact) mass is 348 g/mol. The topological polar surface area (TPSA) is 76.5 Å². The molecule has 0 bridgehead atoms. The molecule has 0 fully saturated rings. The van der Waals surface area contributed by atoms with Crippen LogP contribution in [-0.4, -0.2) is 54.4 Å². The Morgan fingerprint density at radius 2 is 2.00 bits per heavy atom. The molecule has 1 heterocycles. The van der Waals surface area contributed by atoms with Gasteiger partial charge in [-0.15, -0.1) is 0 Å². The van der Waals surface area contributed by atoms with Crippen LogP contribution >= 0.6 is 0 Å². The van der Waals surface area contributed by atoms with Crippen molar-refractivity contribution in [3.63, 3.8) is 0 Å². The second kappa shape index (κ2) is 8.39. The van der Waals surface area contributed by atoms with Crippen LogP contribution in [0, 0.1) is 5.82 Å². The van der Waals surface area contributed by atoms with Gasteiger partial charge in [-0.3, -0.25) is 4.79 Å². The average molecular weight is 348 g/mol. The van der Waals surface area contributed by atoms with Gasteiger partial charge >= 0.3 is 5.97 Å². The Bertz CT molecular complexity index is 787. The van der Waals surface area contributed by atoms with Crippen LogP contribution in [0.4, 0.5) is 10.1 Å². The molecule has 0 saturated heterocycles. The molecule has 0 aliphatic heterocycles. The van der Waals surface area contributed by atoms with Crippen LogP contribution in [-0.2, 0) is 4.74 Å². The number of aromatic nitrogens is 2. The van der Waals surface area contributed by atoms with E-state index in [1.54, 1.807) is 6.92 Å². The Kier molecular flexibility index (Phi) is 6.24. The summed E-state index contributed by atoms with van der Waals surface area (Å²) in [5, 5.41) is 7.15. The molecule has 25 heavy (non-hydrogen) atoms. The number of halogens is 1. The van der Waals surface area contributed by atoms with Crippen LogP contribution in [0.3, 0.4) is 0 Å². The molecule has 0 aliphatic rings. The first-order chi connectivity index (χ1) is 11.9. The maximum absolute atomic E-state index is 13.1. The Hall–Kier alpha value is -2.74. The fourth-order valence-corrected chi connectivity index (χ4v) is 2.12. The summed E-state index contributed by atoms with van der Waals surface area (Å²) in [4.78, 5) is 26.5. The SMILES string of the molecule is CCOC(=O)c1nn(-c2ccc(F)cc2)c(=O)cc1NCCN(C)C. The lowest BCUT2D eigenvalue weighted by atomic mass is 10.3. The second-order valence-electron chi connectivity index (χ2n) is 5.58. The molecule has 0 unspecified atom stereocenters. The number of hydrogen-bond acceptors (Lipinski definition) is 6. The van der Waals surface area contributed by atoms with E-state index < -0.39 is 17.3 Å². The van der Waals surface area contributed by atoms with Crippen LogP contribution in [0.25, 0.3) is 5.69 Å². The van der Waals surface area contributed by atoms with Gasteiger partial charge in [-0.2, -0.15) is 9.78 Å². The number of ether oxygens (including phenoxy) is 1. The fourth-order valence-electron chi connectivity index (χ4n) is 2.12. The van der Waals surface area contributed by atoms with Crippen molar-refractivity contribution in [1.29, 1.82) is 0 Å². The second-order valence-corrected chi connectivity index (χ2v) is 5.58. The molecule has 7 nitrogen and oxygen atoms in total. The molecule has 0 aliphatic carbocycles. The smallest absolute Gasteiger partial charge is 0.360 e. The average Bonchev–Trinajstić information content (AvgIpc) is 2.56. The quantitative estimate of drug-likeness (QED) is 0.765. The zero-order valence-electron chi connectivity index (χ0n) is 14.5. The molecule has 0 radical (unpaired) electrons. The van der Waals surface area contributed by atoms with Crippen molar-refractivity contribution >= 4 is 11.7 Å². The van der Waals surface area contributed by atoms with Crippen molar-refractivity contribution in [3.05, 3.63) is 52.2 Å². The van der Waals surface area contributed by atoms with Crippen molar-refractivity contribution in [3.8, 4) is 5.69 Å². The number of hydrogen-bond donors (Lipinski definition) is 1. The van der Waals surface area contributed by atoms with Gasteiger partial charge in [-0.1, -0.05) is 0 Å². The molecule has 0 atom stereocenters. The minimum atomic E-state index is -0.634. The Morgan fingerprint density at radius 1 is 1.32 bits per heavy atom. The van der Waals surface area contributed by atoms with Gasteiger partial charge < -0.3 is 15.0 Å². The van der Waals surface area contributed by atoms with E-state index in [1.165, 1.54) is 30.3 Å². The Labute approximate surface area is 145 Å². The number of rotatable bonds is 7. The molecule has 0 saturated carbocycles. The van der Waals surface area contributed by atoms with Crippen molar-refractivity contribution in [1.82, 2.24) is 14.7 Å². The summed E-state index contributed by atoms with van der Waals surface area (Å²) in [5.41, 5.74) is 0.233. The molecule has 8 heteroatoms. The van der Waals surface area contributed by atoms with Crippen molar-refractivity contribution in [2.45, 2.75) is 6.92 Å². The van der Waals surface area contributed by atoms with E-state index in [9.17, 15) is 14.0 Å². The molecule has 0 amide bonds. The van der Waals surface area contributed by atoms with Crippen LogP contribution in [0.1, 0.15) is 17.4 Å². The van der Waals surface area contributed by atoms with Gasteiger partial charge in [0.2, 0.25) is 0 Å². The molecule has 2 aromatic rings. The van der Waals surface area contributed by atoms with E-state index in [0.717, 1.165) is 4.68 Å². The highest BCUT2D eigenvalue weighted by Gasteiger charge is 2.18. The van der Waals surface area contributed by atoms with Gasteiger partial charge in [-0.05, 0) is 45.3 Å². The molecule has 1 aromatic carbocycles. The fraction of sp³-hybridized carbons (Fsp3) is 0.353. The Morgan fingerprint density at radius 3 is 2.60 bits per heavy atom. The first-order valence-electron chi connectivity index (χ1n) is 7.88. The van der Waals surface area contributed by atoms with Crippen LogP contribution in [0.15, 0.2) is 35.1 Å². The van der Waals surface area contributed by atoms with E-state index in [-0.39, 0.29) is 12.3 Å². The first-order valence-corrected chi connectivity index (χ1v) is 7.88. The molecule has 1 aromatic heterocycles. The zero-order chi connectivity index (χ0) is 18.4. The lowest BCUT2D eigenvalue weighted by molar-refractivity contribution is 0.0518. The summed E-state index contributed by atoms with van der Waals surface area (Å²) in [7, 11) is 3.83. The number of benzene rings is 1. The van der Waals surface area contributed by atoms with Crippen LogP contribution in [0.2, 0.25) is 0 Å². The third kappa shape index (κ3) is 4.87. The largest absolute Gasteiger partial charge is 0.461 e. The predicted octanol–water partition coefficient (Wildman–Crippen LogP) is 1.52. The number of nitrogens with one attached hydrogen (secondary N) is 1. The minimum absolute atomic E-state index is 0.00420. The lowest BCUT2D eigenvalue weighted by Gasteiger charge is -2.14. The van der Waals surface area contributed by atoms with Crippen molar-refractivity contribution in [2.24, 2.45) is 0 Å². The number of esters is 1. The molecular formula is C17H21FN4O3. The lowest BCUT2D eigenvalue weighted by Crippen LogP contribution is -2.27. The Balaban J connectivity index is 2.43. The summed E-state index contributed by atoms with van der Waals surface area (Å²) in [6.45, 7) is 3.12. The summed E-state index contributed by atoms with van der Waals surface area (Å²) >= 11 is 0. The van der Waals surface area contributed by atoms with Gasteiger partial charge in [0.15, 0.2) is 5.69 Å². The van der Waals surface area contributed by atoms with E-state index >= 15 is 0 Å². The summed E-state index contributed by atoms with van der Waals surface area (Å²) in [5.74, 6) is -1.06. The van der Waals surface area contributed by atoms with Gasteiger partial charge in [0, 0.05) is 19.2 Å². The van der Waals surface area contributed by atoms with E-state index in [4.69, 9.17) is 4.74 Å². The van der Waals surface area contributed by atoms with Crippen LogP contribution in [0.5, 0.6) is 0 Å². The summed E-state index contributed by atoms with van der Waals surface area (Å²) in [6, 6.07) is 6.56. The number of nitrogens with zero attached hydrogens (tertiary/aromatic N) is 3. The van der Waals surface area contributed by atoms with Crippen molar-refractivity contribution in [2.75, 3.05) is 39.1 Å². The highest BCUT2D eigenvalue weighted by molar-refractivity contribution is 5.93. The molecule has 2 rings (SSSR count). The third-order valence-electron chi connectivity index (χ3n) is 3.35. The molecule has 0 spiro atoms. The normalized spacial score (nSPS) is 10.8. The van der Waals surface area contributed by atoms with E-state index in [1.807, 2.05) is 19.0 Å². The zero-order valence-corrected chi connectivity index (χ0v) is 14.5. The molecule has 134 valence electrons. The van der Waals surface area contributed by atoms with Gasteiger partial charge in [-0.25, -0.2) is 9.18 Å². The highest BCUT2D eigenvalue weighted by atomic mass is 19.1. The van der Waals surface area contributed by atoms with E-state index in [2.05, 4.69) is 10.4 Å². The van der Waals surface area contributed by atoms with Gasteiger partial charge in [0.25, 0.3) is 5.56 Å². The summed E-state index contributed by atoms with van der Waals surface area (Å²) in [6.07, 6.45) is 0. The standard InChI is InChI=1S/C17H21FN4O3/c1-4-25-17(24)16-14(19-9-10-21(2)3)11-15(23)22(20-16)13-7-5-12(18)6-8-13/h5-8,11,19H,4,9-10H2,1-3H3. The number of carbonyl (C=O) groups excluding carboxylic acids is 1. The maximum Gasteiger partial charge on any atom is 0.360 e. The summed E-state index contributed by atoms with van der Waals surface area (Å²) < 4.78 is 19.1. The van der Waals surface area contributed by atoms with Crippen molar-refractivity contribution < 1.29 is 13.9 Å². The van der Waals surface area contributed by atoms with Gasteiger partial charge in [0.05, 0.1) is 18.0 Å². The van der Waals surface area contributed by atoms with Crippen LogP contribution < -0.4 is 10.9 Å². The number of likely N-dealkylation sites (N-methyl/N-ethyl adjacent to an activating group) is 1. The number of carbonyl (C=O) groups is 1. The molecular weight excluding hydrogens is 327 g/mol. The predicted molar refractivity (Wildman–Crippen MR) is 92.8 cm³/mol.